The van der Waals surface area contributed by atoms with Gasteiger partial charge in [0, 0.05) is 6.42 Å². The first kappa shape index (κ1) is 13.1. The maximum absolute atomic E-state index is 11.8. The molecule has 0 N–H and O–H groups in total. The minimum Gasteiger partial charge on any atom is -0.295 e. The van der Waals surface area contributed by atoms with Crippen molar-refractivity contribution in [1.29, 1.82) is 0 Å². The van der Waals surface area contributed by atoms with Gasteiger partial charge in [0.2, 0.25) is 0 Å². The normalized spacial score (nSPS) is 51.0. The molecule has 0 aromatic rings. The Labute approximate surface area is 123 Å². The lowest BCUT2D eigenvalue weighted by molar-refractivity contribution is -0.117. The highest BCUT2D eigenvalue weighted by molar-refractivity contribution is 5.91. The van der Waals surface area contributed by atoms with E-state index in [1.807, 2.05) is 6.08 Å². The molecular weight excluding hydrogens is 244 g/mol. The van der Waals surface area contributed by atoms with E-state index in [-0.39, 0.29) is 0 Å². The zero-order valence-electron chi connectivity index (χ0n) is 13.1. The fraction of sp³-hybridized carbons (Fsp3) is 0.842. The molecule has 1 heteroatoms. The van der Waals surface area contributed by atoms with E-state index in [2.05, 4.69) is 13.8 Å². The number of carbonyl (C=O) groups is 1. The number of ketones is 1. The minimum atomic E-state index is 0.362. The van der Waals surface area contributed by atoms with Gasteiger partial charge in [0.15, 0.2) is 5.78 Å². The highest BCUT2D eigenvalue weighted by Crippen LogP contribution is 2.65. The highest BCUT2D eigenvalue weighted by Gasteiger charge is 2.55. The monoisotopic (exact) mass is 272 g/mol. The molecule has 3 saturated carbocycles. The van der Waals surface area contributed by atoms with E-state index in [9.17, 15) is 4.79 Å². The fourth-order valence-corrected chi connectivity index (χ4v) is 6.55. The summed E-state index contributed by atoms with van der Waals surface area (Å²) in [6.45, 7) is 5.05. The van der Waals surface area contributed by atoms with E-state index in [1.54, 1.807) is 0 Å². The third-order valence-electron chi connectivity index (χ3n) is 7.74. The fourth-order valence-electron chi connectivity index (χ4n) is 6.55. The number of hydrogen-bond donors (Lipinski definition) is 0. The van der Waals surface area contributed by atoms with Gasteiger partial charge in [-0.05, 0) is 79.6 Å². The van der Waals surface area contributed by atoms with Crippen molar-refractivity contribution >= 4 is 5.78 Å². The van der Waals surface area contributed by atoms with Crippen molar-refractivity contribution in [1.82, 2.24) is 0 Å². The van der Waals surface area contributed by atoms with Crippen LogP contribution in [0.15, 0.2) is 11.6 Å². The smallest absolute Gasteiger partial charge is 0.155 e. The standard InChI is InChI=1S/C19H28O/c1-18-9-3-4-16(18)15-6-5-13-12-14(20)7-11-19(13,2)17(15)8-10-18/h12,15-17H,3-11H2,1-2H3/t15?,16?,17-,18-,19-/m0/s1. The minimum absolute atomic E-state index is 0.362. The van der Waals surface area contributed by atoms with Crippen LogP contribution in [0.2, 0.25) is 0 Å². The summed E-state index contributed by atoms with van der Waals surface area (Å²) in [5.41, 5.74) is 2.53. The van der Waals surface area contributed by atoms with Crippen molar-refractivity contribution in [3.8, 4) is 0 Å². The summed E-state index contributed by atoms with van der Waals surface area (Å²) in [7, 11) is 0. The molecule has 0 aromatic heterocycles. The molecule has 1 nitrogen and oxygen atoms in total. The third-order valence-corrected chi connectivity index (χ3v) is 7.74. The van der Waals surface area contributed by atoms with Crippen molar-refractivity contribution in [3.63, 3.8) is 0 Å². The van der Waals surface area contributed by atoms with Gasteiger partial charge in [-0.25, -0.2) is 0 Å². The molecule has 4 aliphatic rings. The summed E-state index contributed by atoms with van der Waals surface area (Å²) in [4.78, 5) is 11.8. The Kier molecular flexibility index (Phi) is 2.76. The first-order valence-corrected chi connectivity index (χ1v) is 8.77. The Hall–Kier alpha value is -0.590. The van der Waals surface area contributed by atoms with Crippen LogP contribution in [0.3, 0.4) is 0 Å². The average molecular weight is 272 g/mol. The SMILES string of the molecule is C[C@@]12CCCC1C1CCC3=CC(=O)CC[C@]3(C)[C@H]1CC2. The molecule has 0 radical (unpaired) electrons. The number of allylic oxidation sites excluding steroid dienone is 1. The van der Waals surface area contributed by atoms with Crippen molar-refractivity contribution < 1.29 is 4.79 Å². The molecule has 0 bridgehead atoms. The van der Waals surface area contributed by atoms with Crippen LogP contribution in [0.25, 0.3) is 0 Å². The van der Waals surface area contributed by atoms with E-state index in [4.69, 9.17) is 0 Å². The van der Waals surface area contributed by atoms with Gasteiger partial charge in [0.25, 0.3) is 0 Å². The van der Waals surface area contributed by atoms with E-state index >= 15 is 0 Å². The van der Waals surface area contributed by atoms with Crippen LogP contribution in [0.1, 0.15) is 71.6 Å². The van der Waals surface area contributed by atoms with Gasteiger partial charge in [-0.1, -0.05) is 25.8 Å². The summed E-state index contributed by atoms with van der Waals surface area (Å²) in [6.07, 6.45) is 13.8. The number of rotatable bonds is 0. The first-order valence-electron chi connectivity index (χ1n) is 8.77. The molecule has 0 spiro atoms. The van der Waals surface area contributed by atoms with Crippen LogP contribution < -0.4 is 0 Å². The van der Waals surface area contributed by atoms with E-state index < -0.39 is 0 Å². The second-order valence-electron chi connectivity index (χ2n) is 8.55. The number of fused-ring (bicyclic) bond motifs is 5. The van der Waals surface area contributed by atoms with E-state index in [1.165, 1.54) is 50.5 Å². The van der Waals surface area contributed by atoms with Gasteiger partial charge in [0.05, 0.1) is 0 Å². The van der Waals surface area contributed by atoms with E-state index in [0.29, 0.717) is 16.6 Å². The number of hydrogen-bond acceptors (Lipinski definition) is 1. The molecule has 20 heavy (non-hydrogen) atoms. The molecular formula is C19H28O. The van der Waals surface area contributed by atoms with Crippen molar-refractivity contribution in [2.75, 3.05) is 0 Å². The van der Waals surface area contributed by atoms with Crippen LogP contribution in [-0.2, 0) is 4.79 Å². The van der Waals surface area contributed by atoms with Crippen molar-refractivity contribution in [2.45, 2.75) is 71.6 Å². The molecule has 0 aliphatic heterocycles. The lowest BCUT2D eigenvalue weighted by Crippen LogP contribution is -2.49. The second kappa shape index (κ2) is 4.21. The Morgan fingerprint density at radius 3 is 2.70 bits per heavy atom. The second-order valence-corrected chi connectivity index (χ2v) is 8.55. The number of carbonyl (C=O) groups excluding carboxylic acids is 1. The van der Waals surface area contributed by atoms with Crippen LogP contribution in [0.5, 0.6) is 0 Å². The largest absolute Gasteiger partial charge is 0.295 e. The van der Waals surface area contributed by atoms with Crippen molar-refractivity contribution in [2.24, 2.45) is 28.6 Å². The highest BCUT2D eigenvalue weighted by atomic mass is 16.1. The third kappa shape index (κ3) is 1.64. The quantitative estimate of drug-likeness (QED) is 0.612. The molecule has 5 atom stereocenters. The maximum Gasteiger partial charge on any atom is 0.155 e. The average Bonchev–Trinajstić information content (AvgIpc) is 2.81. The van der Waals surface area contributed by atoms with Crippen LogP contribution in [0.4, 0.5) is 0 Å². The summed E-state index contributed by atoms with van der Waals surface area (Å²) in [6, 6.07) is 0. The Morgan fingerprint density at radius 1 is 1.00 bits per heavy atom. The summed E-state index contributed by atoms with van der Waals surface area (Å²) in [5.74, 6) is 3.19. The van der Waals surface area contributed by atoms with Crippen LogP contribution in [-0.4, -0.2) is 5.78 Å². The molecule has 2 unspecified atom stereocenters. The van der Waals surface area contributed by atoms with Gasteiger partial charge in [-0.2, -0.15) is 0 Å². The molecule has 4 aliphatic carbocycles. The van der Waals surface area contributed by atoms with Crippen LogP contribution in [0, 0.1) is 28.6 Å². The maximum atomic E-state index is 11.8. The van der Waals surface area contributed by atoms with E-state index in [0.717, 1.165) is 30.6 Å². The molecule has 0 aromatic carbocycles. The molecule has 4 rings (SSSR count). The van der Waals surface area contributed by atoms with Gasteiger partial charge >= 0.3 is 0 Å². The molecule has 110 valence electrons. The van der Waals surface area contributed by atoms with Gasteiger partial charge in [-0.3, -0.25) is 4.79 Å². The molecule has 0 heterocycles. The van der Waals surface area contributed by atoms with Gasteiger partial charge < -0.3 is 0 Å². The molecule has 0 saturated heterocycles. The topological polar surface area (TPSA) is 17.1 Å². The Bertz CT molecular complexity index is 476. The first-order chi connectivity index (χ1) is 9.53. The molecule has 0 amide bonds. The van der Waals surface area contributed by atoms with Gasteiger partial charge in [0.1, 0.15) is 0 Å². The summed E-state index contributed by atoms with van der Waals surface area (Å²) >= 11 is 0. The lowest BCUT2D eigenvalue weighted by atomic mass is 9.47. The predicted molar refractivity (Wildman–Crippen MR) is 81.3 cm³/mol. The van der Waals surface area contributed by atoms with Crippen molar-refractivity contribution in [3.05, 3.63) is 11.6 Å². The zero-order valence-corrected chi connectivity index (χ0v) is 13.1. The summed E-state index contributed by atoms with van der Waals surface area (Å²) in [5, 5.41) is 0. The lowest BCUT2D eigenvalue weighted by Gasteiger charge is -2.57. The van der Waals surface area contributed by atoms with Crippen LogP contribution >= 0.6 is 0 Å². The Balaban J connectivity index is 1.69. The Morgan fingerprint density at radius 2 is 1.85 bits per heavy atom. The zero-order chi connectivity index (χ0) is 14.0. The summed E-state index contributed by atoms with van der Waals surface area (Å²) < 4.78 is 0. The molecule has 3 fully saturated rings. The van der Waals surface area contributed by atoms with Gasteiger partial charge in [-0.15, -0.1) is 0 Å². The predicted octanol–water partition coefficient (Wildman–Crippen LogP) is 4.91.